The smallest absolute Gasteiger partial charge is 0.391 e. The van der Waals surface area contributed by atoms with Gasteiger partial charge in [0.25, 0.3) is 0 Å². The number of carbonyl (C=O) groups is 1. The molecule has 0 fully saturated rings. The zero-order valence-electron chi connectivity index (χ0n) is 6.31. The zero-order valence-corrected chi connectivity index (χ0v) is 6.31. The number of aliphatic carboxylic acids is 1. The van der Waals surface area contributed by atoms with Crippen molar-refractivity contribution < 1.29 is 23.1 Å². The van der Waals surface area contributed by atoms with E-state index in [1.807, 2.05) is 5.43 Å². The molecule has 0 amide bonds. The van der Waals surface area contributed by atoms with Crippen LogP contribution in [0.4, 0.5) is 13.2 Å². The molecule has 1 rings (SSSR count). The van der Waals surface area contributed by atoms with Crippen LogP contribution in [0.25, 0.3) is 0 Å². The number of carboxylic acids is 1. The Balaban J connectivity index is 2.81. The third-order valence-electron chi connectivity index (χ3n) is 1.59. The molecule has 0 spiro atoms. The van der Waals surface area contributed by atoms with Gasteiger partial charge in [0.1, 0.15) is 5.54 Å². The van der Waals surface area contributed by atoms with Crippen molar-refractivity contribution in [2.75, 3.05) is 0 Å². The summed E-state index contributed by atoms with van der Waals surface area (Å²) in [5.41, 5.74) is 1.97. The highest BCUT2D eigenvalue weighted by Gasteiger charge is 2.43. The number of halogens is 3. The molecule has 4 nitrogen and oxygen atoms in total. The van der Waals surface area contributed by atoms with Crippen LogP contribution in [0.1, 0.15) is 6.42 Å². The van der Waals surface area contributed by atoms with E-state index in [1.54, 1.807) is 0 Å². The van der Waals surface area contributed by atoms with Crippen molar-refractivity contribution in [3.8, 4) is 0 Å². The first kappa shape index (κ1) is 9.85. The number of carboxylic acid groups (broad SMARTS) is 1. The van der Waals surface area contributed by atoms with E-state index in [9.17, 15) is 23.1 Å². The van der Waals surface area contributed by atoms with Gasteiger partial charge in [-0.1, -0.05) is 0 Å². The van der Waals surface area contributed by atoms with Gasteiger partial charge in [0.2, 0.25) is 0 Å². The van der Waals surface area contributed by atoms with Crippen LogP contribution in [-0.4, -0.2) is 17.7 Å². The van der Waals surface area contributed by atoms with Gasteiger partial charge in [-0.15, -0.1) is 0 Å². The molecule has 2 N–H and O–H groups in total. The monoisotopic (exact) mass is 195 g/mol. The summed E-state index contributed by atoms with van der Waals surface area (Å²) in [5.74, 6) is -1.81. The average Bonchev–Trinajstić information content (AvgIpc) is 2.33. The summed E-state index contributed by atoms with van der Waals surface area (Å²) >= 11 is 0. The number of carbonyl (C=O) groups excluding carboxylic acids is 1. The van der Waals surface area contributed by atoms with Crippen molar-refractivity contribution in [3.05, 3.63) is 12.3 Å². The third-order valence-corrected chi connectivity index (χ3v) is 1.59. The Labute approximate surface area is 71.4 Å². The van der Waals surface area contributed by atoms with E-state index in [0.717, 1.165) is 12.3 Å². The first-order chi connectivity index (χ1) is 5.86. The number of alkyl halides is 3. The molecule has 0 aromatic carbocycles. The number of rotatable bonds is 2. The summed E-state index contributed by atoms with van der Waals surface area (Å²) in [5, 5.41) is 10.4. The second-order valence-electron chi connectivity index (χ2n) is 2.65. The topological polar surface area (TPSA) is 64.2 Å². The Kier molecular flexibility index (Phi) is 2.21. The highest BCUT2D eigenvalue weighted by molar-refractivity contribution is 5.80. The summed E-state index contributed by atoms with van der Waals surface area (Å²) in [7, 11) is 0. The first-order valence-corrected chi connectivity index (χ1v) is 3.34. The average molecular weight is 195 g/mol. The third kappa shape index (κ3) is 2.11. The van der Waals surface area contributed by atoms with Crippen molar-refractivity contribution in [1.82, 2.24) is 10.9 Å². The minimum absolute atomic E-state index is 0.871. The van der Waals surface area contributed by atoms with Crippen molar-refractivity contribution in [1.29, 1.82) is 0 Å². The molecule has 1 heterocycles. The fraction of sp³-hybridized carbons (Fsp3) is 0.500. The molecule has 1 aliphatic rings. The number of hydrazine groups is 1. The van der Waals surface area contributed by atoms with Gasteiger partial charge in [-0.25, -0.2) is 5.43 Å². The van der Waals surface area contributed by atoms with E-state index in [1.165, 1.54) is 0 Å². The Bertz CT molecular complexity index is 251. The minimum Gasteiger partial charge on any atom is -0.548 e. The summed E-state index contributed by atoms with van der Waals surface area (Å²) in [6.45, 7) is 0. The van der Waals surface area contributed by atoms with Crippen LogP contribution in [-0.2, 0) is 4.79 Å². The molecule has 0 bridgehead atoms. The first-order valence-electron chi connectivity index (χ1n) is 3.34. The van der Waals surface area contributed by atoms with Gasteiger partial charge in [0.05, 0.1) is 12.4 Å². The van der Waals surface area contributed by atoms with Gasteiger partial charge >= 0.3 is 6.18 Å². The van der Waals surface area contributed by atoms with E-state index < -0.39 is 24.1 Å². The number of nitrogens with one attached hydrogen (secondary N) is 2. The minimum atomic E-state index is -4.57. The van der Waals surface area contributed by atoms with Crippen LogP contribution in [0.2, 0.25) is 0 Å². The van der Waals surface area contributed by atoms with Crippen LogP contribution in [0, 0.1) is 0 Å². The SMILES string of the molecule is O=C([O-])C1(CC(F)(F)F)C=CNN1. The molecular weight excluding hydrogens is 189 g/mol. The molecule has 0 aromatic heterocycles. The van der Waals surface area contributed by atoms with Crippen LogP contribution in [0.3, 0.4) is 0 Å². The zero-order chi connectivity index (χ0) is 10.1. The van der Waals surface area contributed by atoms with Crippen LogP contribution < -0.4 is 16.0 Å². The van der Waals surface area contributed by atoms with E-state index >= 15 is 0 Å². The maximum Gasteiger partial charge on any atom is 0.391 e. The van der Waals surface area contributed by atoms with Gasteiger partial charge in [-0.05, 0) is 6.08 Å². The Morgan fingerprint density at radius 1 is 1.54 bits per heavy atom. The van der Waals surface area contributed by atoms with Gasteiger partial charge in [0.15, 0.2) is 0 Å². The molecule has 0 aromatic rings. The summed E-state index contributed by atoms with van der Waals surface area (Å²) in [4.78, 5) is 10.4. The number of hydrogen-bond donors (Lipinski definition) is 2. The predicted molar refractivity (Wildman–Crippen MR) is 33.8 cm³/mol. The van der Waals surface area contributed by atoms with Crippen LogP contribution >= 0.6 is 0 Å². The van der Waals surface area contributed by atoms with E-state index in [0.29, 0.717) is 0 Å². The van der Waals surface area contributed by atoms with Gasteiger partial charge in [-0.2, -0.15) is 13.2 Å². The summed E-state index contributed by atoms with van der Waals surface area (Å²) in [6, 6.07) is 0. The summed E-state index contributed by atoms with van der Waals surface area (Å²) in [6.07, 6.45) is -4.12. The summed E-state index contributed by atoms with van der Waals surface area (Å²) < 4.78 is 35.8. The molecule has 13 heavy (non-hydrogen) atoms. The fourth-order valence-corrected chi connectivity index (χ4v) is 1.01. The molecule has 1 atom stereocenters. The Morgan fingerprint density at radius 3 is 2.46 bits per heavy atom. The van der Waals surface area contributed by atoms with Crippen LogP contribution in [0.5, 0.6) is 0 Å². The molecule has 0 aliphatic carbocycles. The van der Waals surface area contributed by atoms with Crippen molar-refractivity contribution >= 4 is 5.97 Å². The molecular formula is C6H6F3N2O2-. The van der Waals surface area contributed by atoms with Gasteiger partial charge in [-0.3, -0.25) is 0 Å². The highest BCUT2D eigenvalue weighted by atomic mass is 19.4. The lowest BCUT2D eigenvalue weighted by Gasteiger charge is -2.29. The Hall–Kier alpha value is -1.24. The lowest BCUT2D eigenvalue weighted by atomic mass is 9.97. The lowest BCUT2D eigenvalue weighted by Crippen LogP contribution is -2.59. The second kappa shape index (κ2) is 2.91. The largest absolute Gasteiger partial charge is 0.548 e. The maximum atomic E-state index is 11.9. The lowest BCUT2D eigenvalue weighted by molar-refractivity contribution is -0.315. The highest BCUT2D eigenvalue weighted by Crippen LogP contribution is 2.29. The molecule has 0 saturated carbocycles. The van der Waals surface area contributed by atoms with E-state index in [-0.39, 0.29) is 0 Å². The molecule has 1 unspecified atom stereocenters. The van der Waals surface area contributed by atoms with Gasteiger partial charge < -0.3 is 15.3 Å². The maximum absolute atomic E-state index is 11.9. The fourth-order valence-electron chi connectivity index (χ4n) is 1.01. The van der Waals surface area contributed by atoms with Crippen LogP contribution in [0.15, 0.2) is 12.3 Å². The van der Waals surface area contributed by atoms with Gasteiger partial charge in [0, 0.05) is 6.20 Å². The second-order valence-corrected chi connectivity index (χ2v) is 2.65. The molecule has 0 radical (unpaired) electrons. The van der Waals surface area contributed by atoms with Crippen molar-refractivity contribution in [2.45, 2.75) is 18.1 Å². The van der Waals surface area contributed by atoms with E-state index in [2.05, 4.69) is 5.43 Å². The normalized spacial score (nSPS) is 27.3. The molecule has 74 valence electrons. The Morgan fingerprint density at radius 2 is 2.15 bits per heavy atom. The molecule has 1 aliphatic heterocycles. The standard InChI is InChI=1S/C6H7F3N2O2/c7-6(8,9)3-5(4(12)13)1-2-10-11-5/h1-2,10-11H,3H2,(H,12,13)/p-1. The predicted octanol–water partition coefficient (Wildman–Crippen LogP) is -0.951. The van der Waals surface area contributed by atoms with Crippen molar-refractivity contribution in [3.63, 3.8) is 0 Å². The van der Waals surface area contributed by atoms with Crippen molar-refractivity contribution in [2.24, 2.45) is 0 Å². The van der Waals surface area contributed by atoms with E-state index in [4.69, 9.17) is 0 Å². The molecule has 0 saturated heterocycles. The molecule has 7 heteroatoms. The number of hydrogen-bond acceptors (Lipinski definition) is 4. The quantitative estimate of drug-likeness (QED) is 0.596.